The van der Waals surface area contributed by atoms with E-state index in [1.807, 2.05) is 0 Å². The summed E-state index contributed by atoms with van der Waals surface area (Å²) in [4.78, 5) is 24.6. The highest BCUT2D eigenvalue weighted by molar-refractivity contribution is 6.00. The lowest BCUT2D eigenvalue weighted by Crippen LogP contribution is -2.47. The molecule has 0 radical (unpaired) electrons. The van der Waals surface area contributed by atoms with Crippen molar-refractivity contribution in [3.63, 3.8) is 0 Å². The average molecular weight is 286 g/mol. The molecule has 1 aliphatic rings. The molecule has 5 nitrogen and oxygen atoms in total. The summed E-state index contributed by atoms with van der Waals surface area (Å²) in [5, 5.41) is 0. The lowest BCUT2D eigenvalue weighted by atomic mass is 9.69. The molecule has 0 amide bonds. The van der Waals surface area contributed by atoms with Crippen molar-refractivity contribution in [2.75, 3.05) is 20.3 Å². The second-order valence-electron chi connectivity index (χ2n) is 5.36. The first-order valence-electron chi connectivity index (χ1n) is 7.37. The van der Waals surface area contributed by atoms with Gasteiger partial charge < -0.3 is 14.2 Å². The Morgan fingerprint density at radius 2 is 1.65 bits per heavy atom. The van der Waals surface area contributed by atoms with Crippen molar-refractivity contribution in [3.8, 4) is 0 Å². The van der Waals surface area contributed by atoms with Gasteiger partial charge in [0, 0.05) is 7.11 Å². The molecule has 0 spiro atoms. The Bertz CT molecular complexity index is 321. The van der Waals surface area contributed by atoms with Crippen LogP contribution in [0.15, 0.2) is 0 Å². The van der Waals surface area contributed by atoms with Crippen LogP contribution < -0.4 is 0 Å². The van der Waals surface area contributed by atoms with Crippen molar-refractivity contribution in [2.45, 2.75) is 52.6 Å². The highest BCUT2D eigenvalue weighted by Gasteiger charge is 2.51. The fourth-order valence-corrected chi connectivity index (χ4v) is 2.86. The van der Waals surface area contributed by atoms with Crippen molar-refractivity contribution in [1.29, 1.82) is 0 Å². The average Bonchev–Trinajstić information content (AvgIpc) is 2.46. The third-order valence-electron chi connectivity index (χ3n) is 4.17. The number of methoxy groups -OCH3 is 1. The van der Waals surface area contributed by atoms with E-state index < -0.39 is 17.4 Å². The fourth-order valence-electron chi connectivity index (χ4n) is 2.86. The number of ether oxygens (including phenoxy) is 3. The van der Waals surface area contributed by atoms with E-state index in [2.05, 4.69) is 0 Å². The number of hydrogen-bond acceptors (Lipinski definition) is 5. The molecule has 0 aromatic carbocycles. The predicted octanol–water partition coefficient (Wildman–Crippen LogP) is 2.32. The fraction of sp³-hybridized carbons (Fsp3) is 0.867. The Morgan fingerprint density at radius 1 is 1.10 bits per heavy atom. The quantitative estimate of drug-likeness (QED) is 0.554. The number of carbonyl (C=O) groups excluding carboxylic acids is 2. The molecule has 20 heavy (non-hydrogen) atoms. The Morgan fingerprint density at radius 3 is 2.10 bits per heavy atom. The van der Waals surface area contributed by atoms with Crippen LogP contribution in [-0.2, 0) is 23.8 Å². The van der Waals surface area contributed by atoms with Crippen LogP contribution in [0.5, 0.6) is 0 Å². The highest BCUT2D eigenvalue weighted by atomic mass is 16.6. The molecule has 2 atom stereocenters. The van der Waals surface area contributed by atoms with E-state index >= 15 is 0 Å². The van der Waals surface area contributed by atoms with Crippen molar-refractivity contribution in [2.24, 2.45) is 11.3 Å². The summed E-state index contributed by atoms with van der Waals surface area (Å²) < 4.78 is 15.6. The van der Waals surface area contributed by atoms with Gasteiger partial charge in [-0.05, 0) is 46.0 Å². The summed E-state index contributed by atoms with van der Waals surface area (Å²) in [5.74, 6) is -1.07. The molecule has 0 aromatic rings. The molecule has 2 unspecified atom stereocenters. The molecule has 1 rings (SSSR count). The molecule has 0 heterocycles. The van der Waals surface area contributed by atoms with Crippen LogP contribution in [0, 0.1) is 11.3 Å². The maximum Gasteiger partial charge on any atom is 0.323 e. The van der Waals surface area contributed by atoms with Gasteiger partial charge in [0.25, 0.3) is 0 Å². The van der Waals surface area contributed by atoms with Crippen LogP contribution in [0.1, 0.15) is 46.5 Å². The Labute approximate surface area is 121 Å². The lowest BCUT2D eigenvalue weighted by molar-refractivity contribution is -0.177. The number of carbonyl (C=O) groups is 2. The highest BCUT2D eigenvalue weighted by Crippen LogP contribution is 2.41. The zero-order chi connectivity index (χ0) is 15.2. The molecule has 1 saturated carbocycles. The van der Waals surface area contributed by atoms with Gasteiger partial charge in [-0.25, -0.2) is 0 Å². The van der Waals surface area contributed by atoms with Crippen LogP contribution in [0.25, 0.3) is 0 Å². The van der Waals surface area contributed by atoms with E-state index in [-0.39, 0.29) is 25.2 Å². The summed E-state index contributed by atoms with van der Waals surface area (Å²) in [5.41, 5.74) is -1.23. The van der Waals surface area contributed by atoms with E-state index in [1.165, 1.54) is 0 Å². The third-order valence-corrected chi connectivity index (χ3v) is 4.17. The first kappa shape index (κ1) is 17.0. The van der Waals surface area contributed by atoms with Crippen molar-refractivity contribution < 1.29 is 23.8 Å². The van der Waals surface area contributed by atoms with E-state index in [1.54, 1.807) is 27.9 Å². The molecule has 0 aromatic heterocycles. The van der Waals surface area contributed by atoms with Gasteiger partial charge in [-0.15, -0.1) is 0 Å². The zero-order valence-electron chi connectivity index (χ0n) is 12.9. The standard InChI is InChI=1S/C15H26O5/c1-5-19-13(16)15(3,14(17)20-6-2)11-8-7-9-12(10-11)18-4/h11-12H,5-10H2,1-4H3. The van der Waals surface area contributed by atoms with Gasteiger partial charge in [0.1, 0.15) is 0 Å². The van der Waals surface area contributed by atoms with Gasteiger partial charge >= 0.3 is 11.9 Å². The van der Waals surface area contributed by atoms with Gasteiger partial charge in [0.05, 0.1) is 19.3 Å². The second-order valence-corrected chi connectivity index (χ2v) is 5.36. The van der Waals surface area contributed by atoms with Crippen LogP contribution in [0.3, 0.4) is 0 Å². The van der Waals surface area contributed by atoms with Gasteiger partial charge in [0.2, 0.25) is 0 Å². The molecule has 0 bridgehead atoms. The molecule has 116 valence electrons. The summed E-state index contributed by atoms with van der Waals surface area (Å²) in [7, 11) is 1.67. The van der Waals surface area contributed by atoms with Crippen LogP contribution >= 0.6 is 0 Å². The normalized spacial score (nSPS) is 23.2. The Kier molecular flexibility index (Phi) is 6.46. The minimum atomic E-state index is -1.23. The van der Waals surface area contributed by atoms with Crippen LogP contribution in [-0.4, -0.2) is 38.4 Å². The van der Waals surface area contributed by atoms with Crippen molar-refractivity contribution in [3.05, 3.63) is 0 Å². The summed E-state index contributed by atoms with van der Waals surface area (Å²) >= 11 is 0. The summed E-state index contributed by atoms with van der Waals surface area (Å²) in [6.45, 7) is 5.64. The molecular formula is C15H26O5. The summed E-state index contributed by atoms with van der Waals surface area (Å²) in [6, 6.07) is 0. The number of esters is 2. The Hall–Kier alpha value is -1.10. The first-order valence-corrected chi connectivity index (χ1v) is 7.37. The second kappa shape index (κ2) is 7.62. The van der Waals surface area contributed by atoms with E-state index in [4.69, 9.17) is 14.2 Å². The van der Waals surface area contributed by atoms with Crippen molar-refractivity contribution >= 4 is 11.9 Å². The molecule has 0 N–H and O–H groups in total. The lowest BCUT2D eigenvalue weighted by Gasteiger charge is -2.38. The topological polar surface area (TPSA) is 61.8 Å². The monoisotopic (exact) mass is 286 g/mol. The zero-order valence-corrected chi connectivity index (χ0v) is 12.9. The molecule has 0 aliphatic heterocycles. The number of hydrogen-bond donors (Lipinski definition) is 0. The molecule has 1 aliphatic carbocycles. The minimum absolute atomic E-state index is 0.0944. The van der Waals surface area contributed by atoms with E-state index in [9.17, 15) is 9.59 Å². The first-order chi connectivity index (χ1) is 9.50. The minimum Gasteiger partial charge on any atom is -0.465 e. The predicted molar refractivity (Wildman–Crippen MR) is 74.1 cm³/mol. The molecule has 0 saturated heterocycles. The largest absolute Gasteiger partial charge is 0.465 e. The van der Waals surface area contributed by atoms with Gasteiger partial charge in [-0.3, -0.25) is 9.59 Å². The van der Waals surface area contributed by atoms with E-state index in [0.717, 1.165) is 19.3 Å². The smallest absolute Gasteiger partial charge is 0.323 e. The molecule has 1 fully saturated rings. The van der Waals surface area contributed by atoms with Gasteiger partial charge in [-0.1, -0.05) is 6.42 Å². The van der Waals surface area contributed by atoms with Gasteiger partial charge in [0.15, 0.2) is 5.41 Å². The van der Waals surface area contributed by atoms with Crippen molar-refractivity contribution in [1.82, 2.24) is 0 Å². The summed E-state index contributed by atoms with van der Waals surface area (Å²) in [6.07, 6.45) is 3.50. The molecular weight excluding hydrogens is 260 g/mol. The van der Waals surface area contributed by atoms with Crippen LogP contribution in [0.2, 0.25) is 0 Å². The maximum atomic E-state index is 12.3. The van der Waals surface area contributed by atoms with E-state index in [0.29, 0.717) is 6.42 Å². The van der Waals surface area contributed by atoms with Crippen LogP contribution in [0.4, 0.5) is 0 Å². The molecule has 5 heteroatoms. The number of rotatable bonds is 6. The third kappa shape index (κ3) is 3.51. The Balaban J connectivity index is 2.96. The maximum absolute atomic E-state index is 12.3. The SMILES string of the molecule is CCOC(=O)C(C)(C(=O)OCC)C1CCCC(OC)C1. The van der Waals surface area contributed by atoms with Gasteiger partial charge in [-0.2, -0.15) is 0 Å².